The predicted molar refractivity (Wildman–Crippen MR) is 83.3 cm³/mol. The molecule has 128 valence electrons. The van der Waals surface area contributed by atoms with Crippen LogP contribution in [-0.2, 0) is 17.7 Å². The molecule has 1 aliphatic carbocycles. The second kappa shape index (κ2) is 6.01. The number of aromatic nitrogens is 4. The van der Waals surface area contributed by atoms with Gasteiger partial charge in [0.05, 0.1) is 12.3 Å². The maximum Gasteiger partial charge on any atom is 0.276 e. The molecular weight excluding hydrogens is 310 g/mol. The molecule has 0 bridgehead atoms. The van der Waals surface area contributed by atoms with Gasteiger partial charge >= 0.3 is 0 Å². The van der Waals surface area contributed by atoms with E-state index >= 15 is 0 Å². The van der Waals surface area contributed by atoms with Crippen LogP contribution in [0.4, 0.5) is 0 Å². The fourth-order valence-electron chi connectivity index (χ4n) is 3.27. The van der Waals surface area contributed by atoms with Crippen LogP contribution in [0.15, 0.2) is 10.6 Å². The molecule has 0 radical (unpaired) electrons. The number of fused-ring (bicyclic) bond motifs is 1. The van der Waals surface area contributed by atoms with Gasteiger partial charge in [0, 0.05) is 32.7 Å². The zero-order chi connectivity index (χ0) is 16.7. The topological polar surface area (TPSA) is 86.3 Å². The third-order valence-corrected chi connectivity index (χ3v) is 4.71. The Morgan fingerprint density at radius 2 is 2.29 bits per heavy atom. The van der Waals surface area contributed by atoms with E-state index in [-0.39, 0.29) is 11.9 Å². The number of hydrogen-bond acceptors (Lipinski definition) is 6. The highest BCUT2D eigenvalue weighted by Gasteiger charge is 2.37. The molecule has 1 atom stereocenters. The van der Waals surface area contributed by atoms with E-state index in [9.17, 15) is 4.79 Å². The van der Waals surface area contributed by atoms with E-state index in [0.29, 0.717) is 24.6 Å². The normalized spacial score (nSPS) is 20.2. The largest absolute Gasteiger partial charge is 0.382 e. The van der Waals surface area contributed by atoms with Crippen molar-refractivity contribution in [1.29, 1.82) is 0 Å². The standard InChI is InChI=1S/C16H21N5O3/c1-10-7-12(18-24-10)16(22)20-6-5-13-15(14(20)9-23-2)17-19-21(13)8-11-3-4-11/h7,11,14H,3-6,8-9H2,1-2H3. The van der Waals surface area contributed by atoms with Gasteiger partial charge in [-0.15, -0.1) is 5.10 Å². The molecule has 0 saturated heterocycles. The minimum atomic E-state index is -0.240. The van der Waals surface area contributed by atoms with Gasteiger partial charge in [-0.2, -0.15) is 0 Å². The van der Waals surface area contributed by atoms with Crippen molar-refractivity contribution in [3.8, 4) is 0 Å². The Hall–Kier alpha value is -2.22. The number of amides is 1. The second-order valence-corrected chi connectivity index (χ2v) is 6.59. The molecule has 8 nitrogen and oxygen atoms in total. The van der Waals surface area contributed by atoms with Crippen molar-refractivity contribution in [2.45, 2.75) is 38.8 Å². The molecule has 2 aromatic heterocycles. The fourth-order valence-corrected chi connectivity index (χ4v) is 3.27. The minimum absolute atomic E-state index is 0.156. The molecule has 1 unspecified atom stereocenters. The molecule has 2 aliphatic rings. The summed E-state index contributed by atoms with van der Waals surface area (Å²) in [7, 11) is 1.63. The van der Waals surface area contributed by atoms with E-state index in [0.717, 1.165) is 30.3 Å². The van der Waals surface area contributed by atoms with Crippen molar-refractivity contribution in [2.24, 2.45) is 5.92 Å². The minimum Gasteiger partial charge on any atom is -0.382 e. The molecule has 3 heterocycles. The lowest BCUT2D eigenvalue weighted by molar-refractivity contribution is 0.0481. The summed E-state index contributed by atoms with van der Waals surface area (Å²) in [5.74, 6) is 1.19. The molecule has 0 N–H and O–H groups in total. The first-order valence-electron chi connectivity index (χ1n) is 8.33. The second-order valence-electron chi connectivity index (χ2n) is 6.59. The molecule has 8 heteroatoms. The third kappa shape index (κ3) is 2.71. The van der Waals surface area contributed by atoms with Gasteiger partial charge in [-0.25, -0.2) is 4.68 Å². The monoisotopic (exact) mass is 331 g/mol. The fraction of sp³-hybridized carbons (Fsp3) is 0.625. The molecule has 1 saturated carbocycles. The van der Waals surface area contributed by atoms with Gasteiger partial charge in [0.2, 0.25) is 0 Å². The van der Waals surface area contributed by atoms with Crippen molar-refractivity contribution < 1.29 is 14.1 Å². The maximum atomic E-state index is 12.8. The number of ether oxygens (including phenoxy) is 1. The van der Waals surface area contributed by atoms with Crippen LogP contribution in [0.1, 0.15) is 46.5 Å². The van der Waals surface area contributed by atoms with Gasteiger partial charge in [-0.05, 0) is 25.7 Å². The SMILES string of the molecule is COCC1c2nnn(CC3CC3)c2CCN1C(=O)c1cc(C)on1. The van der Waals surface area contributed by atoms with Crippen molar-refractivity contribution in [1.82, 2.24) is 25.1 Å². The van der Waals surface area contributed by atoms with Crippen molar-refractivity contribution >= 4 is 5.91 Å². The summed E-state index contributed by atoms with van der Waals surface area (Å²) in [5.41, 5.74) is 2.30. The van der Waals surface area contributed by atoms with Gasteiger partial charge < -0.3 is 14.2 Å². The summed E-state index contributed by atoms with van der Waals surface area (Å²) in [4.78, 5) is 14.6. The Labute approximate surface area is 139 Å². The summed E-state index contributed by atoms with van der Waals surface area (Å²) < 4.78 is 12.4. The quantitative estimate of drug-likeness (QED) is 0.822. The predicted octanol–water partition coefficient (Wildman–Crippen LogP) is 1.37. The number of nitrogens with zero attached hydrogens (tertiary/aromatic N) is 5. The number of carbonyl (C=O) groups is 1. The van der Waals surface area contributed by atoms with Crippen LogP contribution < -0.4 is 0 Å². The lowest BCUT2D eigenvalue weighted by atomic mass is 10.0. The Morgan fingerprint density at radius 3 is 2.96 bits per heavy atom. The van der Waals surface area contributed by atoms with E-state index in [1.807, 2.05) is 4.68 Å². The highest BCUT2D eigenvalue weighted by atomic mass is 16.5. The molecule has 4 rings (SSSR count). The Kier molecular flexibility index (Phi) is 3.84. The molecule has 24 heavy (non-hydrogen) atoms. The lowest BCUT2D eigenvalue weighted by Gasteiger charge is -2.33. The first-order chi connectivity index (χ1) is 11.7. The van der Waals surface area contributed by atoms with Gasteiger partial charge in [0.1, 0.15) is 17.5 Å². The highest BCUT2D eigenvalue weighted by Crippen LogP contribution is 2.34. The summed E-state index contributed by atoms with van der Waals surface area (Å²) >= 11 is 0. The summed E-state index contributed by atoms with van der Waals surface area (Å²) in [6, 6.07) is 1.42. The van der Waals surface area contributed by atoms with Crippen LogP contribution in [0.25, 0.3) is 0 Å². The molecule has 1 fully saturated rings. The zero-order valence-electron chi connectivity index (χ0n) is 13.9. The third-order valence-electron chi connectivity index (χ3n) is 4.71. The number of methoxy groups -OCH3 is 1. The van der Waals surface area contributed by atoms with E-state index in [1.165, 1.54) is 12.8 Å². The zero-order valence-corrected chi connectivity index (χ0v) is 13.9. The average molecular weight is 331 g/mol. The Morgan fingerprint density at radius 1 is 1.46 bits per heavy atom. The Bertz CT molecular complexity index is 749. The van der Waals surface area contributed by atoms with Gasteiger partial charge in [-0.1, -0.05) is 10.4 Å². The average Bonchev–Trinajstić information content (AvgIpc) is 3.13. The number of hydrogen-bond donors (Lipinski definition) is 0. The maximum absolute atomic E-state index is 12.8. The van der Waals surface area contributed by atoms with Crippen LogP contribution in [-0.4, -0.2) is 51.2 Å². The van der Waals surface area contributed by atoms with Crippen LogP contribution in [0.2, 0.25) is 0 Å². The van der Waals surface area contributed by atoms with Gasteiger partial charge in [0.15, 0.2) is 5.69 Å². The lowest BCUT2D eigenvalue weighted by Crippen LogP contribution is -2.42. The van der Waals surface area contributed by atoms with Crippen molar-refractivity contribution in [2.75, 3.05) is 20.3 Å². The smallest absolute Gasteiger partial charge is 0.276 e. The van der Waals surface area contributed by atoms with Crippen LogP contribution >= 0.6 is 0 Å². The summed E-state index contributed by atoms with van der Waals surface area (Å²) in [5, 5.41) is 12.5. The summed E-state index contributed by atoms with van der Waals surface area (Å²) in [6.45, 7) is 3.69. The van der Waals surface area contributed by atoms with E-state index < -0.39 is 0 Å². The molecule has 0 aromatic carbocycles. The van der Waals surface area contributed by atoms with Crippen LogP contribution in [0.3, 0.4) is 0 Å². The van der Waals surface area contributed by atoms with E-state index in [4.69, 9.17) is 9.26 Å². The first-order valence-corrected chi connectivity index (χ1v) is 8.33. The number of aryl methyl sites for hydroxylation is 1. The molecule has 2 aromatic rings. The molecule has 0 spiro atoms. The van der Waals surface area contributed by atoms with Gasteiger partial charge in [0.25, 0.3) is 5.91 Å². The molecular formula is C16H21N5O3. The van der Waals surface area contributed by atoms with E-state index in [2.05, 4.69) is 15.5 Å². The highest BCUT2D eigenvalue weighted by molar-refractivity contribution is 5.92. The van der Waals surface area contributed by atoms with Gasteiger partial charge in [-0.3, -0.25) is 4.79 Å². The molecule has 1 aliphatic heterocycles. The van der Waals surface area contributed by atoms with Crippen molar-refractivity contribution in [3.63, 3.8) is 0 Å². The van der Waals surface area contributed by atoms with Crippen LogP contribution in [0.5, 0.6) is 0 Å². The van der Waals surface area contributed by atoms with Crippen molar-refractivity contribution in [3.05, 3.63) is 28.9 Å². The number of carbonyl (C=O) groups excluding carboxylic acids is 1. The van der Waals surface area contributed by atoms with Crippen LogP contribution in [0, 0.1) is 12.8 Å². The van der Waals surface area contributed by atoms with E-state index in [1.54, 1.807) is 25.0 Å². The molecule has 1 amide bonds. The number of rotatable bonds is 5. The summed E-state index contributed by atoms with van der Waals surface area (Å²) in [6.07, 6.45) is 3.29. The first kappa shape index (κ1) is 15.3. The Balaban J connectivity index is 1.62.